The Bertz CT molecular complexity index is 1110. The van der Waals surface area contributed by atoms with Gasteiger partial charge < -0.3 is 10.2 Å². The van der Waals surface area contributed by atoms with Crippen molar-refractivity contribution < 1.29 is 14.5 Å². The summed E-state index contributed by atoms with van der Waals surface area (Å²) in [7, 11) is 0. The monoisotopic (exact) mass is 433 g/mol. The van der Waals surface area contributed by atoms with Gasteiger partial charge in [-0.1, -0.05) is 18.2 Å². The third kappa shape index (κ3) is 4.66. The molecule has 2 heterocycles. The zero-order valence-corrected chi connectivity index (χ0v) is 17.4. The molecule has 164 valence electrons. The largest absolute Gasteiger partial charge is 0.350 e. The SMILES string of the molecule is O=C(NCC1CCCCN1C(=O)c1ccn(-c2ccc([N+](=O)[O-])cc2)n1)c1ccccc1. The van der Waals surface area contributed by atoms with Crippen LogP contribution in [0.25, 0.3) is 5.69 Å². The van der Waals surface area contributed by atoms with Gasteiger partial charge in [0.25, 0.3) is 17.5 Å². The Morgan fingerprint density at radius 3 is 2.53 bits per heavy atom. The van der Waals surface area contributed by atoms with Crippen LogP contribution in [0.5, 0.6) is 0 Å². The molecule has 4 rings (SSSR count). The summed E-state index contributed by atoms with van der Waals surface area (Å²) in [5, 5.41) is 18.1. The van der Waals surface area contributed by atoms with E-state index < -0.39 is 4.92 Å². The molecular weight excluding hydrogens is 410 g/mol. The van der Waals surface area contributed by atoms with E-state index in [1.54, 1.807) is 41.4 Å². The molecule has 1 atom stereocenters. The number of nitro benzene ring substituents is 1. The predicted octanol–water partition coefficient (Wildman–Crippen LogP) is 3.21. The van der Waals surface area contributed by atoms with Gasteiger partial charge in [-0.2, -0.15) is 5.10 Å². The van der Waals surface area contributed by atoms with Crippen LogP contribution in [-0.2, 0) is 0 Å². The minimum Gasteiger partial charge on any atom is -0.350 e. The fraction of sp³-hybridized carbons (Fsp3) is 0.261. The maximum Gasteiger partial charge on any atom is 0.274 e. The molecule has 3 aromatic rings. The minimum atomic E-state index is -0.463. The first-order chi connectivity index (χ1) is 15.5. The topological polar surface area (TPSA) is 110 Å². The van der Waals surface area contributed by atoms with E-state index in [2.05, 4.69) is 10.4 Å². The third-order valence-electron chi connectivity index (χ3n) is 5.56. The lowest BCUT2D eigenvalue weighted by Crippen LogP contribution is -2.49. The number of carbonyl (C=O) groups is 2. The lowest BCUT2D eigenvalue weighted by atomic mass is 10.0. The molecule has 1 aromatic heterocycles. The number of carbonyl (C=O) groups excluding carboxylic acids is 2. The first-order valence-electron chi connectivity index (χ1n) is 10.5. The molecule has 9 nitrogen and oxygen atoms in total. The zero-order valence-electron chi connectivity index (χ0n) is 17.4. The van der Waals surface area contributed by atoms with Gasteiger partial charge in [-0.05, 0) is 49.6 Å². The number of likely N-dealkylation sites (tertiary alicyclic amines) is 1. The molecule has 9 heteroatoms. The third-order valence-corrected chi connectivity index (χ3v) is 5.56. The molecule has 1 aliphatic heterocycles. The van der Waals surface area contributed by atoms with Crippen LogP contribution >= 0.6 is 0 Å². The van der Waals surface area contributed by atoms with E-state index in [-0.39, 0.29) is 23.5 Å². The number of non-ortho nitro benzene ring substituents is 1. The Morgan fingerprint density at radius 2 is 1.81 bits per heavy atom. The van der Waals surface area contributed by atoms with E-state index in [1.807, 2.05) is 18.2 Å². The molecule has 1 aliphatic rings. The molecule has 0 aliphatic carbocycles. The summed E-state index contributed by atoms with van der Waals surface area (Å²) in [5.74, 6) is -0.352. The smallest absolute Gasteiger partial charge is 0.274 e. The first kappa shape index (κ1) is 21.2. The van der Waals surface area contributed by atoms with Crippen molar-refractivity contribution in [2.75, 3.05) is 13.1 Å². The zero-order chi connectivity index (χ0) is 22.5. The summed E-state index contributed by atoms with van der Waals surface area (Å²) >= 11 is 0. The van der Waals surface area contributed by atoms with Crippen LogP contribution in [0, 0.1) is 10.1 Å². The van der Waals surface area contributed by atoms with Gasteiger partial charge in [0.15, 0.2) is 5.69 Å². The fourth-order valence-electron chi connectivity index (χ4n) is 3.84. The van der Waals surface area contributed by atoms with Crippen LogP contribution in [0.4, 0.5) is 5.69 Å². The lowest BCUT2D eigenvalue weighted by molar-refractivity contribution is -0.384. The van der Waals surface area contributed by atoms with Gasteiger partial charge in [0.1, 0.15) is 0 Å². The van der Waals surface area contributed by atoms with Crippen molar-refractivity contribution in [2.45, 2.75) is 25.3 Å². The predicted molar refractivity (Wildman–Crippen MR) is 118 cm³/mol. The van der Waals surface area contributed by atoms with Crippen molar-refractivity contribution in [3.63, 3.8) is 0 Å². The molecule has 0 radical (unpaired) electrons. The van der Waals surface area contributed by atoms with E-state index in [1.165, 1.54) is 16.8 Å². The second kappa shape index (κ2) is 9.42. The van der Waals surface area contributed by atoms with Crippen LogP contribution in [0.15, 0.2) is 66.9 Å². The van der Waals surface area contributed by atoms with E-state index in [9.17, 15) is 19.7 Å². The highest BCUT2D eigenvalue weighted by Crippen LogP contribution is 2.20. The van der Waals surface area contributed by atoms with E-state index in [4.69, 9.17) is 0 Å². The Labute approximate surface area is 184 Å². The highest BCUT2D eigenvalue weighted by atomic mass is 16.6. The van der Waals surface area contributed by atoms with Crippen molar-refractivity contribution in [3.05, 3.63) is 88.2 Å². The molecule has 2 amide bonds. The first-order valence-corrected chi connectivity index (χ1v) is 10.5. The number of rotatable bonds is 6. The van der Waals surface area contributed by atoms with Gasteiger partial charge in [-0.25, -0.2) is 4.68 Å². The van der Waals surface area contributed by atoms with Crippen LogP contribution in [0.2, 0.25) is 0 Å². The summed E-state index contributed by atoms with van der Waals surface area (Å²) < 4.78 is 1.52. The molecule has 1 unspecified atom stereocenters. The molecule has 32 heavy (non-hydrogen) atoms. The van der Waals surface area contributed by atoms with Gasteiger partial charge in [0, 0.05) is 43.0 Å². The average molecular weight is 433 g/mol. The van der Waals surface area contributed by atoms with E-state index in [0.717, 1.165) is 19.3 Å². The highest BCUT2D eigenvalue weighted by molar-refractivity contribution is 5.94. The number of nitrogens with zero attached hydrogens (tertiary/aromatic N) is 4. The quantitative estimate of drug-likeness (QED) is 0.474. The normalized spacial score (nSPS) is 15.9. The van der Waals surface area contributed by atoms with Gasteiger partial charge >= 0.3 is 0 Å². The van der Waals surface area contributed by atoms with Crippen LogP contribution in [0.3, 0.4) is 0 Å². The van der Waals surface area contributed by atoms with Crippen molar-refractivity contribution >= 4 is 17.5 Å². The molecule has 2 aromatic carbocycles. The lowest BCUT2D eigenvalue weighted by Gasteiger charge is -2.35. The Morgan fingerprint density at radius 1 is 1.06 bits per heavy atom. The van der Waals surface area contributed by atoms with Crippen molar-refractivity contribution in [1.82, 2.24) is 20.0 Å². The molecule has 0 spiro atoms. The number of benzene rings is 2. The van der Waals surface area contributed by atoms with Crippen molar-refractivity contribution in [3.8, 4) is 5.69 Å². The second-order valence-corrected chi connectivity index (χ2v) is 7.64. The van der Waals surface area contributed by atoms with Gasteiger partial charge in [-0.3, -0.25) is 19.7 Å². The molecule has 1 N–H and O–H groups in total. The molecule has 0 bridgehead atoms. The second-order valence-electron chi connectivity index (χ2n) is 7.64. The summed E-state index contributed by atoms with van der Waals surface area (Å²) in [5.41, 5.74) is 1.50. The minimum absolute atomic E-state index is 0.00841. The molecular formula is C23H23N5O4. The number of nitro groups is 1. The van der Waals surface area contributed by atoms with Gasteiger partial charge in [0.05, 0.1) is 10.6 Å². The highest BCUT2D eigenvalue weighted by Gasteiger charge is 2.29. The summed E-state index contributed by atoms with van der Waals surface area (Å²) in [6, 6.07) is 16.5. The Hall–Kier alpha value is -4.01. The van der Waals surface area contributed by atoms with E-state index in [0.29, 0.717) is 30.0 Å². The molecule has 1 saturated heterocycles. The number of hydrogen-bond acceptors (Lipinski definition) is 5. The number of nitrogens with one attached hydrogen (secondary N) is 1. The maximum atomic E-state index is 13.2. The van der Waals surface area contributed by atoms with E-state index >= 15 is 0 Å². The van der Waals surface area contributed by atoms with Crippen LogP contribution in [0.1, 0.15) is 40.1 Å². The molecule has 1 fully saturated rings. The summed E-state index contributed by atoms with van der Waals surface area (Å²) in [6.45, 7) is 0.984. The number of hydrogen-bond donors (Lipinski definition) is 1. The van der Waals surface area contributed by atoms with Crippen molar-refractivity contribution in [1.29, 1.82) is 0 Å². The van der Waals surface area contributed by atoms with Gasteiger partial charge in [0.2, 0.25) is 0 Å². The fourth-order valence-corrected chi connectivity index (χ4v) is 3.84. The van der Waals surface area contributed by atoms with Crippen molar-refractivity contribution in [2.24, 2.45) is 0 Å². The number of aromatic nitrogens is 2. The van der Waals surface area contributed by atoms with Crippen LogP contribution < -0.4 is 5.32 Å². The van der Waals surface area contributed by atoms with Gasteiger partial charge in [-0.15, -0.1) is 0 Å². The Kier molecular flexibility index (Phi) is 6.25. The average Bonchev–Trinajstić information content (AvgIpc) is 3.33. The maximum absolute atomic E-state index is 13.2. The summed E-state index contributed by atoms with van der Waals surface area (Å²) in [6.07, 6.45) is 4.36. The standard InChI is InChI=1S/C23H23N5O4/c29-22(17-6-2-1-3-7-17)24-16-20-8-4-5-14-26(20)23(30)21-13-15-27(25-21)18-9-11-19(12-10-18)28(31)32/h1-3,6-7,9-13,15,20H,4-5,8,14,16H2,(H,24,29). The molecule has 0 saturated carbocycles. The van der Waals surface area contributed by atoms with Crippen LogP contribution in [-0.4, -0.2) is 50.5 Å². The summed E-state index contributed by atoms with van der Waals surface area (Å²) in [4.78, 5) is 37.7. The Balaban J connectivity index is 1.44. The number of piperidine rings is 1. The number of amides is 2.